The van der Waals surface area contributed by atoms with Gasteiger partial charge in [0.15, 0.2) is 0 Å². The first-order valence-corrected chi connectivity index (χ1v) is 8.88. The number of aromatic nitrogens is 2. The molecule has 144 valence electrons. The quantitative estimate of drug-likeness (QED) is 0.849. The summed E-state index contributed by atoms with van der Waals surface area (Å²) in [5.41, 5.74) is 0.407. The second-order valence-electron chi connectivity index (χ2n) is 6.75. The van der Waals surface area contributed by atoms with Crippen molar-refractivity contribution < 1.29 is 9.53 Å². The van der Waals surface area contributed by atoms with E-state index in [2.05, 4.69) is 9.88 Å². The van der Waals surface area contributed by atoms with Crippen LogP contribution in [0, 0.1) is 6.92 Å². The lowest BCUT2D eigenvalue weighted by Crippen LogP contribution is -2.55. The molecule has 0 spiro atoms. The van der Waals surface area contributed by atoms with E-state index in [4.69, 9.17) is 4.74 Å². The van der Waals surface area contributed by atoms with Gasteiger partial charge in [-0.1, -0.05) is 12.1 Å². The summed E-state index contributed by atoms with van der Waals surface area (Å²) in [6, 6.07) is 7.80. The van der Waals surface area contributed by atoms with Crippen LogP contribution in [0.25, 0.3) is 0 Å². The molecule has 1 fully saturated rings. The molecule has 8 heteroatoms. The van der Waals surface area contributed by atoms with Gasteiger partial charge in [-0.2, -0.15) is 0 Å². The molecule has 0 radical (unpaired) electrons. The van der Waals surface area contributed by atoms with Gasteiger partial charge in [0.25, 0.3) is 5.56 Å². The fourth-order valence-corrected chi connectivity index (χ4v) is 3.41. The van der Waals surface area contributed by atoms with Crippen LogP contribution in [-0.2, 0) is 11.3 Å². The van der Waals surface area contributed by atoms with E-state index in [0.717, 1.165) is 11.4 Å². The molecule has 1 aromatic carbocycles. The molecule has 0 saturated carbocycles. The Kier molecular flexibility index (Phi) is 5.34. The van der Waals surface area contributed by atoms with E-state index in [1.54, 1.807) is 18.9 Å². The predicted molar refractivity (Wildman–Crippen MR) is 102 cm³/mol. The molecule has 1 amide bonds. The van der Waals surface area contributed by atoms with Crippen LogP contribution in [0.2, 0.25) is 0 Å². The molecule has 27 heavy (non-hydrogen) atoms. The Morgan fingerprint density at radius 3 is 2.70 bits per heavy atom. The molecule has 1 saturated heterocycles. The first-order chi connectivity index (χ1) is 12.9. The number of H-pyrrole nitrogens is 1. The lowest BCUT2D eigenvalue weighted by atomic mass is 10.1. The molecule has 0 unspecified atom stereocenters. The summed E-state index contributed by atoms with van der Waals surface area (Å²) in [6.07, 6.45) is 1.43. The van der Waals surface area contributed by atoms with Crippen molar-refractivity contribution in [1.29, 1.82) is 0 Å². The summed E-state index contributed by atoms with van der Waals surface area (Å²) in [4.78, 5) is 42.3. The fraction of sp³-hybridized carbons (Fsp3) is 0.421. The largest absolute Gasteiger partial charge is 0.495 e. The van der Waals surface area contributed by atoms with Crippen molar-refractivity contribution in [3.63, 3.8) is 0 Å². The van der Waals surface area contributed by atoms with Crippen molar-refractivity contribution in [3.05, 3.63) is 56.9 Å². The number of rotatable bonds is 4. The molecular formula is C19H24N4O4. The number of para-hydroxylation sites is 2. The number of aryl methyl sites for hydroxylation is 1. The number of anilines is 1. The third-order valence-electron chi connectivity index (χ3n) is 4.87. The molecule has 1 aromatic heterocycles. The summed E-state index contributed by atoms with van der Waals surface area (Å²) >= 11 is 0. The molecule has 1 N–H and O–H groups in total. The number of hydrogen-bond acceptors (Lipinski definition) is 5. The number of carbonyl (C=O) groups excluding carboxylic acids is 1. The molecule has 1 atom stereocenters. The second kappa shape index (κ2) is 7.69. The van der Waals surface area contributed by atoms with Gasteiger partial charge in [0, 0.05) is 37.4 Å². The first kappa shape index (κ1) is 18.8. The Morgan fingerprint density at radius 1 is 1.26 bits per heavy atom. The first-order valence-electron chi connectivity index (χ1n) is 8.88. The third kappa shape index (κ3) is 3.89. The molecule has 0 aliphatic carbocycles. The topological polar surface area (TPSA) is 87.6 Å². The number of nitrogens with zero attached hydrogens (tertiary/aromatic N) is 3. The Balaban J connectivity index is 1.71. The molecule has 2 heterocycles. The highest BCUT2D eigenvalue weighted by molar-refractivity contribution is 5.77. The van der Waals surface area contributed by atoms with Gasteiger partial charge in [-0.25, -0.2) is 4.79 Å². The minimum absolute atomic E-state index is 0.0178. The summed E-state index contributed by atoms with van der Waals surface area (Å²) in [5, 5.41) is 0. The van der Waals surface area contributed by atoms with E-state index >= 15 is 0 Å². The van der Waals surface area contributed by atoms with Crippen molar-refractivity contribution in [2.75, 3.05) is 31.6 Å². The molecule has 1 aliphatic rings. The number of aromatic amines is 1. The highest BCUT2D eigenvalue weighted by atomic mass is 16.5. The van der Waals surface area contributed by atoms with Gasteiger partial charge in [-0.3, -0.25) is 19.1 Å². The highest BCUT2D eigenvalue weighted by Crippen LogP contribution is 2.29. The molecule has 1 aliphatic heterocycles. The Labute approximate surface area is 157 Å². The van der Waals surface area contributed by atoms with Crippen LogP contribution in [0.5, 0.6) is 5.75 Å². The average molecular weight is 372 g/mol. The lowest BCUT2D eigenvalue weighted by molar-refractivity contribution is -0.134. The summed E-state index contributed by atoms with van der Waals surface area (Å²) in [6.45, 7) is 5.40. The molecular weight excluding hydrogens is 348 g/mol. The van der Waals surface area contributed by atoms with Gasteiger partial charge in [-0.15, -0.1) is 0 Å². The summed E-state index contributed by atoms with van der Waals surface area (Å²) in [5.74, 6) is 0.662. The number of piperazine rings is 1. The second-order valence-corrected chi connectivity index (χ2v) is 6.75. The maximum atomic E-state index is 12.7. The number of nitrogens with one attached hydrogen (secondary N) is 1. The Hall–Kier alpha value is -3.03. The highest BCUT2D eigenvalue weighted by Gasteiger charge is 2.28. The zero-order chi connectivity index (χ0) is 19.6. The molecule has 2 aromatic rings. The van der Waals surface area contributed by atoms with E-state index in [1.165, 1.54) is 10.8 Å². The van der Waals surface area contributed by atoms with E-state index < -0.39 is 11.2 Å². The number of amides is 1. The number of benzene rings is 1. The number of ether oxygens (including phenoxy) is 1. The van der Waals surface area contributed by atoms with Crippen LogP contribution in [0.15, 0.2) is 40.1 Å². The normalized spacial score (nSPS) is 17.1. The van der Waals surface area contributed by atoms with Crippen LogP contribution in [0.3, 0.4) is 0 Å². The zero-order valence-corrected chi connectivity index (χ0v) is 15.8. The minimum atomic E-state index is -0.570. The standard InChI is InChI=1S/C19H24N4O4/c1-13-10-22(19(26)20-18(13)25)12-17(24)23-9-8-21(11-14(23)2)15-6-4-5-7-16(15)27-3/h4-7,10,14H,8-9,11-12H2,1-3H3,(H,20,25,26)/t14-/m0/s1. The minimum Gasteiger partial charge on any atom is -0.495 e. The van der Waals surface area contributed by atoms with E-state index in [0.29, 0.717) is 25.2 Å². The van der Waals surface area contributed by atoms with Crippen molar-refractivity contribution in [2.24, 2.45) is 0 Å². The van der Waals surface area contributed by atoms with Crippen LogP contribution >= 0.6 is 0 Å². The maximum absolute atomic E-state index is 12.7. The van der Waals surface area contributed by atoms with Crippen LogP contribution in [-0.4, -0.2) is 53.1 Å². The van der Waals surface area contributed by atoms with Gasteiger partial charge in [0.1, 0.15) is 12.3 Å². The van der Waals surface area contributed by atoms with Crippen molar-refractivity contribution in [1.82, 2.24) is 14.5 Å². The van der Waals surface area contributed by atoms with Gasteiger partial charge < -0.3 is 14.5 Å². The molecule has 3 rings (SSSR count). The van der Waals surface area contributed by atoms with Gasteiger partial charge >= 0.3 is 5.69 Å². The van der Waals surface area contributed by atoms with Crippen LogP contribution in [0.4, 0.5) is 5.69 Å². The lowest BCUT2D eigenvalue weighted by Gasteiger charge is -2.41. The van der Waals surface area contributed by atoms with Crippen molar-refractivity contribution in [3.8, 4) is 5.75 Å². The predicted octanol–water partition coefficient (Wildman–Crippen LogP) is 0.591. The molecule has 0 bridgehead atoms. The molecule has 8 nitrogen and oxygen atoms in total. The Bertz CT molecular complexity index is 949. The van der Waals surface area contributed by atoms with Gasteiger partial charge in [0.2, 0.25) is 5.91 Å². The van der Waals surface area contributed by atoms with Crippen LogP contribution < -0.4 is 20.9 Å². The van der Waals surface area contributed by atoms with E-state index in [1.807, 2.05) is 31.2 Å². The van der Waals surface area contributed by atoms with E-state index in [-0.39, 0.29) is 18.5 Å². The Morgan fingerprint density at radius 2 is 2.00 bits per heavy atom. The summed E-state index contributed by atoms with van der Waals surface area (Å²) in [7, 11) is 1.64. The number of carbonyl (C=O) groups is 1. The number of methoxy groups -OCH3 is 1. The smallest absolute Gasteiger partial charge is 0.328 e. The zero-order valence-electron chi connectivity index (χ0n) is 15.8. The van der Waals surface area contributed by atoms with Crippen molar-refractivity contribution >= 4 is 11.6 Å². The maximum Gasteiger partial charge on any atom is 0.328 e. The van der Waals surface area contributed by atoms with Gasteiger partial charge in [0.05, 0.1) is 12.8 Å². The monoisotopic (exact) mass is 372 g/mol. The number of hydrogen-bond donors (Lipinski definition) is 1. The fourth-order valence-electron chi connectivity index (χ4n) is 3.41. The average Bonchev–Trinajstić information content (AvgIpc) is 2.65. The van der Waals surface area contributed by atoms with Crippen LogP contribution in [0.1, 0.15) is 12.5 Å². The third-order valence-corrected chi connectivity index (χ3v) is 4.87. The SMILES string of the molecule is COc1ccccc1N1CCN(C(=O)Cn2cc(C)c(=O)[nH]c2=O)[C@@H](C)C1. The summed E-state index contributed by atoms with van der Waals surface area (Å²) < 4.78 is 6.68. The van der Waals surface area contributed by atoms with E-state index in [9.17, 15) is 14.4 Å². The van der Waals surface area contributed by atoms with Gasteiger partial charge in [-0.05, 0) is 26.0 Å². The van der Waals surface area contributed by atoms with Crippen molar-refractivity contribution in [2.45, 2.75) is 26.4 Å².